The molecule has 0 N–H and O–H groups in total. The second kappa shape index (κ2) is 6.17. The van der Waals surface area contributed by atoms with Crippen molar-refractivity contribution < 1.29 is 14.3 Å². The van der Waals surface area contributed by atoms with E-state index in [1.165, 1.54) is 22.0 Å². The molecule has 7 nitrogen and oxygen atoms in total. The number of esters is 1. The fraction of sp³-hybridized carbons (Fsp3) is 0.286. The molecule has 0 radical (unpaired) electrons. The van der Waals surface area contributed by atoms with Crippen LogP contribution in [0, 0.1) is 0 Å². The summed E-state index contributed by atoms with van der Waals surface area (Å²) in [5.41, 5.74) is 1.31. The van der Waals surface area contributed by atoms with Crippen molar-refractivity contribution >= 4 is 11.9 Å². The van der Waals surface area contributed by atoms with Gasteiger partial charge >= 0.3 is 5.97 Å². The third-order valence-corrected chi connectivity index (χ3v) is 2.73. The zero-order valence-corrected chi connectivity index (χ0v) is 12.1. The molecule has 110 valence electrons. The number of pyridine rings is 1. The van der Waals surface area contributed by atoms with Crippen molar-refractivity contribution in [1.29, 1.82) is 0 Å². The van der Waals surface area contributed by atoms with Gasteiger partial charge in [-0.15, -0.1) is 0 Å². The van der Waals surface area contributed by atoms with E-state index in [2.05, 4.69) is 10.1 Å². The van der Waals surface area contributed by atoms with Crippen LogP contribution in [0.25, 0.3) is 5.69 Å². The van der Waals surface area contributed by atoms with Crippen LogP contribution >= 0.6 is 0 Å². The van der Waals surface area contributed by atoms with Crippen LogP contribution in [0.2, 0.25) is 0 Å². The number of hydrogen-bond donors (Lipinski definition) is 0. The predicted molar refractivity (Wildman–Crippen MR) is 75.3 cm³/mol. The van der Waals surface area contributed by atoms with E-state index in [1.807, 2.05) is 0 Å². The number of nitrogens with zero attached hydrogens (tertiary/aromatic N) is 4. The molecule has 0 spiro atoms. The first-order valence-corrected chi connectivity index (χ1v) is 6.42. The summed E-state index contributed by atoms with van der Waals surface area (Å²) in [6, 6.07) is 3.32. The van der Waals surface area contributed by atoms with E-state index in [1.54, 1.807) is 39.3 Å². The molecule has 2 aromatic rings. The Hall–Kier alpha value is -2.70. The lowest BCUT2D eigenvalue weighted by atomic mass is 10.3. The van der Waals surface area contributed by atoms with Gasteiger partial charge in [0.05, 0.1) is 24.1 Å². The molecule has 0 unspecified atom stereocenters. The van der Waals surface area contributed by atoms with Gasteiger partial charge in [0.25, 0.3) is 5.91 Å². The normalized spacial score (nSPS) is 10.2. The van der Waals surface area contributed by atoms with Crippen LogP contribution < -0.4 is 0 Å². The molecular formula is C14H16N4O3. The molecule has 1 amide bonds. The Morgan fingerprint density at radius 3 is 2.81 bits per heavy atom. The van der Waals surface area contributed by atoms with Gasteiger partial charge in [0.2, 0.25) is 0 Å². The quantitative estimate of drug-likeness (QED) is 0.789. The Morgan fingerprint density at radius 2 is 2.14 bits per heavy atom. The van der Waals surface area contributed by atoms with Crippen LogP contribution in [0.4, 0.5) is 0 Å². The van der Waals surface area contributed by atoms with Crippen molar-refractivity contribution in [3.8, 4) is 5.69 Å². The molecule has 0 aromatic carbocycles. The standard InChI is InChI=1S/C14H16N4O3/c1-4-21-14(20)10-8-16-18(9-10)11-5-6-15-12(7-11)13(19)17(2)3/h5-9H,4H2,1-3H3. The lowest BCUT2D eigenvalue weighted by molar-refractivity contribution is 0.0526. The maximum Gasteiger partial charge on any atom is 0.341 e. The van der Waals surface area contributed by atoms with Gasteiger partial charge < -0.3 is 9.64 Å². The highest BCUT2D eigenvalue weighted by molar-refractivity contribution is 5.92. The molecule has 21 heavy (non-hydrogen) atoms. The van der Waals surface area contributed by atoms with Crippen molar-refractivity contribution in [2.75, 3.05) is 20.7 Å². The van der Waals surface area contributed by atoms with Crippen LogP contribution in [0.1, 0.15) is 27.8 Å². The average molecular weight is 288 g/mol. The number of amides is 1. The largest absolute Gasteiger partial charge is 0.462 e. The van der Waals surface area contributed by atoms with Gasteiger partial charge in [-0.3, -0.25) is 9.78 Å². The van der Waals surface area contributed by atoms with Gasteiger partial charge in [-0.25, -0.2) is 9.48 Å². The number of ether oxygens (including phenoxy) is 1. The highest BCUT2D eigenvalue weighted by Crippen LogP contribution is 2.11. The van der Waals surface area contributed by atoms with E-state index in [-0.39, 0.29) is 5.91 Å². The van der Waals surface area contributed by atoms with Gasteiger partial charge in [0, 0.05) is 26.5 Å². The molecule has 0 bridgehead atoms. The Bertz CT molecular complexity index is 664. The Morgan fingerprint density at radius 1 is 1.38 bits per heavy atom. The smallest absolute Gasteiger partial charge is 0.341 e. The lowest BCUT2D eigenvalue weighted by Crippen LogP contribution is -2.22. The number of carbonyl (C=O) groups excluding carboxylic acids is 2. The van der Waals surface area contributed by atoms with Crippen LogP contribution in [0.15, 0.2) is 30.7 Å². The number of hydrogen-bond acceptors (Lipinski definition) is 5. The summed E-state index contributed by atoms with van der Waals surface area (Å²) >= 11 is 0. The minimum Gasteiger partial charge on any atom is -0.462 e. The molecule has 0 saturated heterocycles. The van der Waals surface area contributed by atoms with E-state index < -0.39 is 5.97 Å². The Kier molecular flexibility index (Phi) is 4.32. The first-order chi connectivity index (χ1) is 10.0. The Labute approximate surface area is 122 Å². The van der Waals surface area contributed by atoms with Crippen molar-refractivity contribution in [2.45, 2.75) is 6.92 Å². The monoisotopic (exact) mass is 288 g/mol. The summed E-state index contributed by atoms with van der Waals surface area (Å²) in [5, 5.41) is 4.10. The highest BCUT2D eigenvalue weighted by atomic mass is 16.5. The van der Waals surface area contributed by atoms with Crippen LogP contribution in [0.5, 0.6) is 0 Å². The average Bonchev–Trinajstić information content (AvgIpc) is 2.96. The second-order valence-corrected chi connectivity index (χ2v) is 4.49. The van der Waals surface area contributed by atoms with E-state index in [9.17, 15) is 9.59 Å². The van der Waals surface area contributed by atoms with Crippen LogP contribution in [0.3, 0.4) is 0 Å². The highest BCUT2D eigenvalue weighted by Gasteiger charge is 2.13. The maximum atomic E-state index is 11.9. The summed E-state index contributed by atoms with van der Waals surface area (Å²) in [5.74, 6) is -0.628. The summed E-state index contributed by atoms with van der Waals surface area (Å²) in [4.78, 5) is 29.0. The molecule has 2 rings (SSSR count). The fourth-order valence-electron chi connectivity index (χ4n) is 1.69. The summed E-state index contributed by atoms with van der Waals surface area (Å²) < 4.78 is 6.41. The number of rotatable bonds is 4. The summed E-state index contributed by atoms with van der Waals surface area (Å²) in [6.45, 7) is 2.05. The predicted octanol–water partition coefficient (Wildman–Crippen LogP) is 1.15. The second-order valence-electron chi connectivity index (χ2n) is 4.49. The molecule has 2 aromatic heterocycles. The SMILES string of the molecule is CCOC(=O)c1cnn(-c2ccnc(C(=O)N(C)C)c2)c1. The van der Waals surface area contributed by atoms with E-state index in [4.69, 9.17) is 4.74 Å². The van der Waals surface area contributed by atoms with E-state index in [0.29, 0.717) is 23.6 Å². The molecule has 0 fully saturated rings. The van der Waals surface area contributed by atoms with Crippen molar-refractivity contribution in [3.05, 3.63) is 42.0 Å². The van der Waals surface area contributed by atoms with Crippen LogP contribution in [-0.4, -0.2) is 52.2 Å². The summed E-state index contributed by atoms with van der Waals surface area (Å²) in [7, 11) is 3.31. The van der Waals surface area contributed by atoms with Crippen LogP contribution in [-0.2, 0) is 4.74 Å². The molecule has 0 aliphatic rings. The minimum absolute atomic E-state index is 0.199. The minimum atomic E-state index is -0.428. The number of aromatic nitrogens is 3. The van der Waals surface area contributed by atoms with Crippen molar-refractivity contribution in [1.82, 2.24) is 19.7 Å². The van der Waals surface area contributed by atoms with E-state index >= 15 is 0 Å². The van der Waals surface area contributed by atoms with Gasteiger partial charge in [-0.2, -0.15) is 5.10 Å². The third kappa shape index (κ3) is 3.25. The van der Waals surface area contributed by atoms with Gasteiger partial charge in [-0.05, 0) is 19.1 Å². The van der Waals surface area contributed by atoms with Gasteiger partial charge in [-0.1, -0.05) is 0 Å². The first kappa shape index (κ1) is 14.7. The van der Waals surface area contributed by atoms with Gasteiger partial charge in [0.15, 0.2) is 0 Å². The summed E-state index contributed by atoms with van der Waals surface area (Å²) in [6.07, 6.45) is 4.50. The van der Waals surface area contributed by atoms with E-state index in [0.717, 1.165) is 0 Å². The zero-order valence-electron chi connectivity index (χ0n) is 12.1. The molecule has 0 aliphatic carbocycles. The molecule has 0 aliphatic heterocycles. The molecular weight excluding hydrogens is 272 g/mol. The number of carbonyl (C=O) groups is 2. The first-order valence-electron chi connectivity index (χ1n) is 6.42. The van der Waals surface area contributed by atoms with Gasteiger partial charge in [0.1, 0.15) is 5.69 Å². The Balaban J connectivity index is 2.29. The molecule has 2 heterocycles. The van der Waals surface area contributed by atoms with Crippen molar-refractivity contribution in [3.63, 3.8) is 0 Å². The fourth-order valence-corrected chi connectivity index (χ4v) is 1.69. The lowest BCUT2D eigenvalue weighted by Gasteiger charge is -2.10. The third-order valence-electron chi connectivity index (χ3n) is 2.73. The maximum absolute atomic E-state index is 11.9. The van der Waals surface area contributed by atoms with Crippen molar-refractivity contribution in [2.24, 2.45) is 0 Å². The molecule has 0 atom stereocenters. The molecule has 7 heteroatoms. The zero-order chi connectivity index (χ0) is 15.4. The topological polar surface area (TPSA) is 77.3 Å². The molecule has 0 saturated carbocycles.